The molecule has 6 nitrogen and oxygen atoms in total. The van der Waals surface area contributed by atoms with Crippen LogP contribution in [-0.4, -0.2) is 37.1 Å². The number of thiophene rings is 1. The molecule has 1 aromatic carbocycles. The van der Waals surface area contributed by atoms with E-state index in [1.54, 1.807) is 18.3 Å². The minimum Gasteiger partial charge on any atom is -0.397 e. The number of pyridine rings is 1. The molecule has 0 spiro atoms. The summed E-state index contributed by atoms with van der Waals surface area (Å²) < 4.78 is 14.3. The van der Waals surface area contributed by atoms with E-state index in [9.17, 15) is 9.18 Å². The average molecular weight is 397 g/mol. The van der Waals surface area contributed by atoms with Gasteiger partial charge in [-0.05, 0) is 35.7 Å². The zero-order chi connectivity index (χ0) is 19.5. The first-order valence-electron chi connectivity index (χ1n) is 8.98. The van der Waals surface area contributed by atoms with Gasteiger partial charge in [0.2, 0.25) is 0 Å². The average Bonchev–Trinajstić information content (AvgIpc) is 3.25. The van der Waals surface area contributed by atoms with Crippen LogP contribution in [0.15, 0.2) is 48.0 Å². The van der Waals surface area contributed by atoms with Gasteiger partial charge in [0.1, 0.15) is 11.5 Å². The number of piperazine rings is 1. The Hall–Kier alpha value is -2.97. The summed E-state index contributed by atoms with van der Waals surface area (Å²) in [5.74, 6) is -0.807. The molecule has 0 saturated carbocycles. The lowest BCUT2D eigenvalue weighted by molar-refractivity contribution is 0.102. The highest BCUT2D eigenvalue weighted by Crippen LogP contribution is 2.33. The third-order valence-corrected chi connectivity index (χ3v) is 5.54. The van der Waals surface area contributed by atoms with Gasteiger partial charge in [-0.2, -0.15) is 0 Å². The Balaban J connectivity index is 1.52. The normalized spacial score (nSPS) is 14.1. The van der Waals surface area contributed by atoms with Gasteiger partial charge in [0.25, 0.3) is 5.91 Å². The number of hydrogen-bond donors (Lipinski definition) is 3. The van der Waals surface area contributed by atoms with Crippen molar-refractivity contribution in [1.29, 1.82) is 0 Å². The van der Waals surface area contributed by atoms with Crippen LogP contribution >= 0.6 is 11.3 Å². The molecule has 1 saturated heterocycles. The van der Waals surface area contributed by atoms with Crippen molar-refractivity contribution in [3.63, 3.8) is 0 Å². The molecule has 8 heteroatoms. The summed E-state index contributed by atoms with van der Waals surface area (Å²) in [5, 5.41) is 7.91. The smallest absolute Gasteiger partial charge is 0.274 e. The highest BCUT2D eigenvalue weighted by molar-refractivity contribution is 7.13. The van der Waals surface area contributed by atoms with Gasteiger partial charge in [0, 0.05) is 36.6 Å². The van der Waals surface area contributed by atoms with Crippen LogP contribution in [0.5, 0.6) is 0 Å². The van der Waals surface area contributed by atoms with Crippen molar-refractivity contribution < 1.29 is 9.18 Å². The molecule has 3 heterocycles. The van der Waals surface area contributed by atoms with Crippen molar-refractivity contribution in [1.82, 2.24) is 10.3 Å². The van der Waals surface area contributed by atoms with Crippen LogP contribution < -0.4 is 21.3 Å². The third-order valence-electron chi connectivity index (χ3n) is 4.64. The van der Waals surface area contributed by atoms with E-state index in [2.05, 4.69) is 20.5 Å². The fraction of sp³-hybridized carbons (Fsp3) is 0.200. The zero-order valence-electron chi connectivity index (χ0n) is 15.1. The van der Waals surface area contributed by atoms with Gasteiger partial charge in [0.05, 0.1) is 23.3 Å². The summed E-state index contributed by atoms with van der Waals surface area (Å²) in [6.45, 7) is 3.67. The van der Waals surface area contributed by atoms with Crippen molar-refractivity contribution in [3.05, 3.63) is 59.5 Å². The van der Waals surface area contributed by atoms with E-state index in [-0.39, 0.29) is 17.3 Å². The van der Waals surface area contributed by atoms with Crippen LogP contribution in [0.1, 0.15) is 10.5 Å². The number of hydrogen-bond acceptors (Lipinski definition) is 6. The molecule has 28 heavy (non-hydrogen) atoms. The molecule has 1 fully saturated rings. The molecular weight excluding hydrogens is 377 g/mol. The number of benzene rings is 1. The highest BCUT2D eigenvalue weighted by Gasteiger charge is 2.16. The van der Waals surface area contributed by atoms with Crippen molar-refractivity contribution in [2.75, 3.05) is 42.1 Å². The molecule has 0 atom stereocenters. The second-order valence-corrected chi connectivity index (χ2v) is 7.44. The molecule has 4 N–H and O–H groups in total. The number of carbonyl (C=O) groups is 1. The summed E-state index contributed by atoms with van der Waals surface area (Å²) in [6.07, 6.45) is 1.70. The summed E-state index contributed by atoms with van der Waals surface area (Å²) >= 11 is 1.42. The summed E-state index contributed by atoms with van der Waals surface area (Å²) in [4.78, 5) is 19.9. The van der Waals surface area contributed by atoms with Gasteiger partial charge < -0.3 is 21.3 Å². The zero-order valence-corrected chi connectivity index (χ0v) is 15.9. The summed E-state index contributed by atoms with van der Waals surface area (Å²) in [5.41, 5.74) is 8.11. The molecule has 4 rings (SSSR count). The summed E-state index contributed by atoms with van der Waals surface area (Å²) in [7, 11) is 0. The number of nitrogens with one attached hydrogen (secondary N) is 2. The van der Waals surface area contributed by atoms with Crippen LogP contribution in [0.4, 0.5) is 21.5 Å². The van der Waals surface area contributed by atoms with E-state index in [4.69, 9.17) is 5.73 Å². The van der Waals surface area contributed by atoms with E-state index in [1.165, 1.54) is 17.4 Å². The largest absolute Gasteiger partial charge is 0.397 e. The second kappa shape index (κ2) is 7.95. The first-order valence-corrected chi connectivity index (χ1v) is 9.86. The number of rotatable bonds is 4. The minimum atomic E-state index is -0.420. The maximum atomic E-state index is 14.3. The second-order valence-electron chi connectivity index (χ2n) is 6.49. The Kier molecular flexibility index (Phi) is 5.23. The lowest BCUT2D eigenvalue weighted by atomic mass is 10.1. The number of nitrogen functional groups attached to an aromatic ring is 1. The quantitative estimate of drug-likeness (QED) is 0.589. The number of nitrogens with zero attached hydrogens (tertiary/aromatic N) is 2. The van der Waals surface area contributed by atoms with E-state index in [1.807, 2.05) is 23.6 Å². The van der Waals surface area contributed by atoms with Gasteiger partial charge in [-0.3, -0.25) is 4.79 Å². The van der Waals surface area contributed by atoms with E-state index in [0.717, 1.165) is 36.7 Å². The molecule has 0 radical (unpaired) electrons. The molecule has 1 aliphatic rings. The van der Waals surface area contributed by atoms with Gasteiger partial charge in [-0.15, -0.1) is 11.3 Å². The number of amides is 1. The van der Waals surface area contributed by atoms with Crippen molar-refractivity contribution in [3.8, 4) is 10.4 Å². The minimum absolute atomic E-state index is 0.170. The van der Waals surface area contributed by atoms with Crippen LogP contribution in [0.3, 0.4) is 0 Å². The number of nitrogens with two attached hydrogens (primary N) is 1. The fourth-order valence-corrected chi connectivity index (χ4v) is 3.88. The standard InChI is InChI=1S/C20H20FN5OS/c21-15-11-16(22)18(10-14(15)19-2-1-9-28-19)25-20(27)17-4-3-13(12-24-17)26-7-5-23-6-8-26/h1-4,9-12,23H,5-8,22H2,(H,25,27). The lowest BCUT2D eigenvalue weighted by Crippen LogP contribution is -2.43. The highest BCUT2D eigenvalue weighted by atomic mass is 32.1. The van der Waals surface area contributed by atoms with Crippen molar-refractivity contribution >= 4 is 34.3 Å². The van der Waals surface area contributed by atoms with Gasteiger partial charge in [-0.25, -0.2) is 9.37 Å². The van der Waals surface area contributed by atoms with E-state index >= 15 is 0 Å². The molecule has 0 aliphatic carbocycles. The predicted octanol–water partition coefficient (Wildman–Crippen LogP) is 3.19. The number of anilines is 3. The first-order chi connectivity index (χ1) is 13.6. The molecular formula is C20H20FN5OS. The van der Waals surface area contributed by atoms with Gasteiger partial charge in [0.15, 0.2) is 0 Å². The van der Waals surface area contributed by atoms with Crippen LogP contribution in [0.2, 0.25) is 0 Å². The van der Waals surface area contributed by atoms with Crippen molar-refractivity contribution in [2.24, 2.45) is 0 Å². The van der Waals surface area contributed by atoms with Crippen LogP contribution in [-0.2, 0) is 0 Å². The first kappa shape index (κ1) is 18.4. The van der Waals surface area contributed by atoms with Crippen LogP contribution in [0.25, 0.3) is 10.4 Å². The van der Waals surface area contributed by atoms with Gasteiger partial charge >= 0.3 is 0 Å². The molecule has 2 aromatic heterocycles. The fourth-order valence-electron chi connectivity index (χ4n) is 3.13. The maximum absolute atomic E-state index is 14.3. The lowest BCUT2D eigenvalue weighted by Gasteiger charge is -2.29. The van der Waals surface area contributed by atoms with Crippen LogP contribution in [0, 0.1) is 5.82 Å². The predicted molar refractivity (Wildman–Crippen MR) is 111 cm³/mol. The molecule has 0 bridgehead atoms. The number of aromatic nitrogens is 1. The molecule has 144 valence electrons. The molecule has 0 unspecified atom stereocenters. The Bertz CT molecular complexity index is 969. The Morgan fingerprint density at radius 3 is 2.75 bits per heavy atom. The number of carbonyl (C=O) groups excluding carboxylic acids is 1. The van der Waals surface area contributed by atoms with E-state index in [0.29, 0.717) is 11.3 Å². The SMILES string of the molecule is Nc1cc(F)c(-c2cccs2)cc1NC(=O)c1ccc(N2CCNCC2)cn1. The Morgan fingerprint density at radius 2 is 2.07 bits per heavy atom. The number of halogens is 1. The monoisotopic (exact) mass is 397 g/mol. The molecule has 1 aliphatic heterocycles. The Labute approximate surface area is 166 Å². The third kappa shape index (κ3) is 3.83. The molecule has 1 amide bonds. The van der Waals surface area contributed by atoms with Gasteiger partial charge in [-0.1, -0.05) is 6.07 Å². The van der Waals surface area contributed by atoms with Crippen molar-refractivity contribution in [2.45, 2.75) is 0 Å². The molecule has 3 aromatic rings. The van der Waals surface area contributed by atoms with E-state index < -0.39 is 5.82 Å². The maximum Gasteiger partial charge on any atom is 0.274 e. The Morgan fingerprint density at radius 1 is 1.25 bits per heavy atom. The topological polar surface area (TPSA) is 83.3 Å². The summed E-state index contributed by atoms with van der Waals surface area (Å²) in [6, 6.07) is 10.0.